The fourth-order valence-corrected chi connectivity index (χ4v) is 1.16. The molecule has 1 N–H and O–H groups in total. The van der Waals surface area contributed by atoms with E-state index in [0.717, 1.165) is 19.6 Å². The molecule has 0 aliphatic heterocycles. The zero-order chi connectivity index (χ0) is 10.2. The molecule has 0 aromatic rings. The van der Waals surface area contributed by atoms with Crippen LogP contribution in [0.2, 0.25) is 0 Å². The highest BCUT2D eigenvalue weighted by Crippen LogP contribution is 2.18. The van der Waals surface area contributed by atoms with Crippen molar-refractivity contribution in [1.82, 2.24) is 5.32 Å². The SMILES string of the molecule is CNCC(C)(C)CCOCCOC. The van der Waals surface area contributed by atoms with Crippen LogP contribution in [-0.2, 0) is 9.47 Å². The summed E-state index contributed by atoms with van der Waals surface area (Å²) >= 11 is 0. The van der Waals surface area contributed by atoms with Crippen molar-refractivity contribution in [3.63, 3.8) is 0 Å². The predicted molar refractivity (Wildman–Crippen MR) is 55.0 cm³/mol. The molecule has 3 nitrogen and oxygen atoms in total. The minimum Gasteiger partial charge on any atom is -0.382 e. The van der Waals surface area contributed by atoms with Gasteiger partial charge < -0.3 is 14.8 Å². The summed E-state index contributed by atoms with van der Waals surface area (Å²) in [6, 6.07) is 0. The van der Waals surface area contributed by atoms with Gasteiger partial charge in [-0.1, -0.05) is 13.8 Å². The zero-order valence-electron chi connectivity index (χ0n) is 9.35. The summed E-state index contributed by atoms with van der Waals surface area (Å²) < 4.78 is 10.3. The van der Waals surface area contributed by atoms with Crippen LogP contribution in [0.4, 0.5) is 0 Å². The second-order valence-electron chi connectivity index (χ2n) is 4.05. The van der Waals surface area contributed by atoms with E-state index in [0.29, 0.717) is 18.6 Å². The Morgan fingerprint density at radius 2 is 1.85 bits per heavy atom. The topological polar surface area (TPSA) is 30.5 Å². The number of hydrogen-bond donors (Lipinski definition) is 1. The molecule has 0 spiro atoms. The summed E-state index contributed by atoms with van der Waals surface area (Å²) in [5, 5.41) is 3.18. The Morgan fingerprint density at radius 1 is 1.15 bits per heavy atom. The molecule has 0 unspecified atom stereocenters. The van der Waals surface area contributed by atoms with Gasteiger partial charge in [0, 0.05) is 20.3 Å². The first-order valence-electron chi connectivity index (χ1n) is 4.83. The Labute approximate surface area is 81.8 Å². The highest BCUT2D eigenvalue weighted by atomic mass is 16.5. The average Bonchev–Trinajstić information content (AvgIpc) is 2.04. The standard InChI is InChI=1S/C10H23NO2/c1-10(2,9-11-3)5-6-13-8-7-12-4/h11H,5-9H2,1-4H3. The van der Waals surface area contributed by atoms with Crippen LogP contribution in [0.1, 0.15) is 20.3 Å². The van der Waals surface area contributed by atoms with E-state index < -0.39 is 0 Å². The minimum absolute atomic E-state index is 0.321. The zero-order valence-corrected chi connectivity index (χ0v) is 9.35. The van der Waals surface area contributed by atoms with Crippen molar-refractivity contribution in [3.8, 4) is 0 Å². The normalized spacial score (nSPS) is 12.0. The van der Waals surface area contributed by atoms with Crippen LogP contribution in [0.15, 0.2) is 0 Å². The third kappa shape index (κ3) is 8.22. The van der Waals surface area contributed by atoms with Gasteiger partial charge in [0.15, 0.2) is 0 Å². The molecule has 0 rings (SSSR count). The quantitative estimate of drug-likeness (QED) is 0.584. The van der Waals surface area contributed by atoms with E-state index in [1.165, 1.54) is 0 Å². The van der Waals surface area contributed by atoms with Gasteiger partial charge in [0.1, 0.15) is 0 Å². The molecule has 0 bridgehead atoms. The molecule has 0 aromatic heterocycles. The maximum absolute atomic E-state index is 5.40. The molecule has 0 aliphatic rings. The van der Waals surface area contributed by atoms with Crippen molar-refractivity contribution in [1.29, 1.82) is 0 Å². The van der Waals surface area contributed by atoms with Gasteiger partial charge in [-0.15, -0.1) is 0 Å². The monoisotopic (exact) mass is 189 g/mol. The van der Waals surface area contributed by atoms with Crippen LogP contribution in [0.3, 0.4) is 0 Å². The molecular formula is C10H23NO2. The molecule has 0 atom stereocenters. The van der Waals surface area contributed by atoms with E-state index in [2.05, 4.69) is 19.2 Å². The lowest BCUT2D eigenvalue weighted by Gasteiger charge is -2.23. The number of methoxy groups -OCH3 is 1. The molecule has 0 saturated carbocycles. The fourth-order valence-electron chi connectivity index (χ4n) is 1.16. The van der Waals surface area contributed by atoms with Crippen molar-refractivity contribution in [3.05, 3.63) is 0 Å². The summed E-state index contributed by atoms with van der Waals surface area (Å²) in [7, 11) is 3.67. The van der Waals surface area contributed by atoms with Crippen molar-refractivity contribution in [2.24, 2.45) is 5.41 Å². The number of rotatable bonds is 8. The van der Waals surface area contributed by atoms with E-state index >= 15 is 0 Å². The van der Waals surface area contributed by atoms with Crippen LogP contribution in [0.5, 0.6) is 0 Å². The van der Waals surface area contributed by atoms with Crippen molar-refractivity contribution in [2.45, 2.75) is 20.3 Å². The van der Waals surface area contributed by atoms with Gasteiger partial charge in [0.05, 0.1) is 13.2 Å². The molecule has 0 fully saturated rings. The van der Waals surface area contributed by atoms with Gasteiger partial charge in [-0.25, -0.2) is 0 Å². The summed E-state index contributed by atoms with van der Waals surface area (Å²) in [4.78, 5) is 0. The summed E-state index contributed by atoms with van der Waals surface area (Å²) in [6.45, 7) is 7.71. The summed E-state index contributed by atoms with van der Waals surface area (Å²) in [5.74, 6) is 0. The largest absolute Gasteiger partial charge is 0.382 e. The molecule has 0 saturated heterocycles. The second kappa shape index (κ2) is 7.30. The highest BCUT2D eigenvalue weighted by molar-refractivity contribution is 4.69. The van der Waals surface area contributed by atoms with Crippen molar-refractivity contribution >= 4 is 0 Å². The van der Waals surface area contributed by atoms with Gasteiger partial charge in [-0.3, -0.25) is 0 Å². The van der Waals surface area contributed by atoms with E-state index in [1.807, 2.05) is 7.05 Å². The van der Waals surface area contributed by atoms with E-state index in [-0.39, 0.29) is 0 Å². The lowest BCUT2D eigenvalue weighted by atomic mass is 9.90. The molecule has 3 heteroatoms. The minimum atomic E-state index is 0.321. The Balaban J connectivity index is 3.29. The fraction of sp³-hybridized carbons (Fsp3) is 1.00. The van der Waals surface area contributed by atoms with E-state index in [4.69, 9.17) is 9.47 Å². The maximum Gasteiger partial charge on any atom is 0.0700 e. The van der Waals surface area contributed by atoms with Crippen molar-refractivity contribution < 1.29 is 9.47 Å². The molecule has 0 aliphatic carbocycles. The smallest absolute Gasteiger partial charge is 0.0700 e. The van der Waals surface area contributed by atoms with Gasteiger partial charge in [-0.2, -0.15) is 0 Å². The van der Waals surface area contributed by atoms with Crippen LogP contribution >= 0.6 is 0 Å². The van der Waals surface area contributed by atoms with Crippen molar-refractivity contribution in [2.75, 3.05) is 40.5 Å². The Kier molecular flexibility index (Phi) is 7.23. The van der Waals surface area contributed by atoms with Gasteiger partial charge in [0.2, 0.25) is 0 Å². The molecule has 0 aromatic carbocycles. The van der Waals surface area contributed by atoms with Gasteiger partial charge in [0.25, 0.3) is 0 Å². The first-order chi connectivity index (χ1) is 6.12. The number of hydrogen-bond acceptors (Lipinski definition) is 3. The lowest BCUT2D eigenvalue weighted by Crippen LogP contribution is -2.28. The third-order valence-corrected chi connectivity index (χ3v) is 2.01. The first kappa shape index (κ1) is 12.9. The van der Waals surface area contributed by atoms with Crippen LogP contribution in [0, 0.1) is 5.41 Å². The van der Waals surface area contributed by atoms with Crippen LogP contribution < -0.4 is 5.32 Å². The number of ether oxygens (including phenoxy) is 2. The predicted octanol–water partition coefficient (Wildman–Crippen LogP) is 1.29. The molecule has 0 radical (unpaired) electrons. The molecule has 0 amide bonds. The lowest BCUT2D eigenvalue weighted by molar-refractivity contribution is 0.0561. The highest BCUT2D eigenvalue weighted by Gasteiger charge is 2.15. The molecule has 0 heterocycles. The molecule has 80 valence electrons. The maximum atomic E-state index is 5.40. The van der Waals surface area contributed by atoms with Crippen LogP contribution in [0.25, 0.3) is 0 Å². The first-order valence-corrected chi connectivity index (χ1v) is 4.83. The second-order valence-corrected chi connectivity index (χ2v) is 4.05. The van der Waals surface area contributed by atoms with E-state index in [1.54, 1.807) is 7.11 Å². The molecule has 13 heavy (non-hydrogen) atoms. The average molecular weight is 189 g/mol. The van der Waals surface area contributed by atoms with Crippen LogP contribution in [-0.4, -0.2) is 40.5 Å². The molecular weight excluding hydrogens is 166 g/mol. The third-order valence-electron chi connectivity index (χ3n) is 2.01. The van der Waals surface area contributed by atoms with Gasteiger partial charge in [-0.05, 0) is 18.9 Å². The Bertz CT molecular complexity index is 115. The Hall–Kier alpha value is -0.120. The van der Waals surface area contributed by atoms with Gasteiger partial charge >= 0.3 is 0 Å². The Morgan fingerprint density at radius 3 is 2.38 bits per heavy atom. The number of nitrogens with one attached hydrogen (secondary N) is 1. The summed E-state index contributed by atoms with van der Waals surface area (Å²) in [5.41, 5.74) is 0.321. The van der Waals surface area contributed by atoms with E-state index in [9.17, 15) is 0 Å². The summed E-state index contributed by atoms with van der Waals surface area (Å²) in [6.07, 6.45) is 1.08.